The fourth-order valence-corrected chi connectivity index (χ4v) is 3.22. The van der Waals surface area contributed by atoms with Crippen molar-refractivity contribution in [1.29, 1.82) is 0 Å². The number of carbonyl (C=O) groups is 3. The molecule has 0 amide bonds. The Morgan fingerprint density at radius 1 is 0.853 bits per heavy atom. The maximum atomic E-state index is 11.8. The first-order chi connectivity index (χ1) is 16.3. The van der Waals surface area contributed by atoms with Gasteiger partial charge in [-0.05, 0) is 41.8 Å². The van der Waals surface area contributed by atoms with Crippen LogP contribution < -0.4 is 4.74 Å². The highest BCUT2D eigenvalue weighted by Gasteiger charge is 2.23. The van der Waals surface area contributed by atoms with E-state index in [0.717, 1.165) is 28.8 Å². The molecule has 0 radical (unpaired) electrons. The zero-order chi connectivity index (χ0) is 24.7. The van der Waals surface area contributed by atoms with Gasteiger partial charge in [-0.2, -0.15) is 0 Å². The molecular formula is C28H24O6. The zero-order valence-electron chi connectivity index (χ0n) is 18.8. The van der Waals surface area contributed by atoms with Crippen molar-refractivity contribution in [3.8, 4) is 16.9 Å². The molecular weight excluding hydrogens is 432 g/mol. The van der Waals surface area contributed by atoms with E-state index in [1.165, 1.54) is 0 Å². The zero-order valence-corrected chi connectivity index (χ0v) is 18.8. The molecule has 0 aliphatic heterocycles. The molecule has 1 aliphatic rings. The van der Waals surface area contributed by atoms with Crippen molar-refractivity contribution in [1.82, 2.24) is 0 Å². The maximum Gasteiger partial charge on any atom is 0.338 e. The second kappa shape index (κ2) is 10.9. The summed E-state index contributed by atoms with van der Waals surface area (Å²) in [6, 6.07) is 15.1. The summed E-state index contributed by atoms with van der Waals surface area (Å²) >= 11 is 0. The summed E-state index contributed by atoms with van der Waals surface area (Å²) in [5, 5.41) is 0. The highest BCUT2D eigenvalue weighted by molar-refractivity contribution is 5.88. The van der Waals surface area contributed by atoms with Crippen LogP contribution in [-0.2, 0) is 23.9 Å². The predicted molar refractivity (Wildman–Crippen MR) is 128 cm³/mol. The summed E-state index contributed by atoms with van der Waals surface area (Å²) in [7, 11) is 0. The first-order valence-corrected chi connectivity index (χ1v) is 10.5. The lowest BCUT2D eigenvalue weighted by Crippen LogP contribution is -2.13. The SMILES string of the molecule is C=CC(=O)OC1=C(OC(=O)C=C)CC(c2ccc(-c3ccc(OC(=O)C(=C)C)cc3)cc2)C=C1. The standard InChI is InChI=1S/C28H24O6/c1-5-26(29)33-24-16-13-22(17-25(24)34-27(30)6-2)21-9-7-19(8-10-21)20-11-14-23(15-12-20)32-28(31)18(3)4/h5-16,22H,1-3,17H2,4H3. The van der Waals surface area contributed by atoms with Gasteiger partial charge in [-0.3, -0.25) is 0 Å². The van der Waals surface area contributed by atoms with Gasteiger partial charge in [-0.25, -0.2) is 14.4 Å². The van der Waals surface area contributed by atoms with Crippen LogP contribution in [-0.4, -0.2) is 17.9 Å². The second-order valence-electron chi connectivity index (χ2n) is 7.52. The summed E-state index contributed by atoms with van der Waals surface area (Å²) in [5.41, 5.74) is 3.27. The van der Waals surface area contributed by atoms with Gasteiger partial charge in [-0.15, -0.1) is 0 Å². The van der Waals surface area contributed by atoms with Crippen molar-refractivity contribution in [2.75, 3.05) is 0 Å². The van der Waals surface area contributed by atoms with Gasteiger partial charge in [-0.1, -0.05) is 62.2 Å². The molecule has 0 saturated carbocycles. The van der Waals surface area contributed by atoms with Crippen LogP contribution in [0.3, 0.4) is 0 Å². The number of ether oxygens (including phenoxy) is 3. The fraction of sp³-hybridized carbons (Fsp3) is 0.107. The Morgan fingerprint density at radius 3 is 1.97 bits per heavy atom. The quantitative estimate of drug-likeness (QED) is 0.294. The molecule has 0 heterocycles. The minimum absolute atomic E-state index is 0.0863. The Balaban J connectivity index is 1.75. The van der Waals surface area contributed by atoms with E-state index >= 15 is 0 Å². The predicted octanol–water partition coefficient (Wildman–Crippen LogP) is 5.55. The Kier molecular flexibility index (Phi) is 7.77. The van der Waals surface area contributed by atoms with Crippen LogP contribution in [0.5, 0.6) is 5.75 Å². The monoisotopic (exact) mass is 456 g/mol. The Bertz CT molecular complexity index is 1200. The van der Waals surface area contributed by atoms with E-state index in [0.29, 0.717) is 17.7 Å². The molecule has 0 N–H and O–H groups in total. The van der Waals surface area contributed by atoms with E-state index in [2.05, 4.69) is 19.7 Å². The third-order valence-corrected chi connectivity index (χ3v) is 5.01. The van der Waals surface area contributed by atoms with Gasteiger partial charge in [0, 0.05) is 30.1 Å². The number of rotatable bonds is 8. The summed E-state index contributed by atoms with van der Waals surface area (Å²) < 4.78 is 15.7. The van der Waals surface area contributed by atoms with E-state index in [9.17, 15) is 14.4 Å². The van der Waals surface area contributed by atoms with Crippen LogP contribution in [0, 0.1) is 0 Å². The molecule has 2 aromatic carbocycles. The Labute approximate surface area is 198 Å². The van der Waals surface area contributed by atoms with Gasteiger partial charge >= 0.3 is 17.9 Å². The molecule has 1 atom stereocenters. The number of hydrogen-bond acceptors (Lipinski definition) is 6. The summed E-state index contributed by atoms with van der Waals surface area (Å²) in [5.74, 6) is -0.970. The van der Waals surface area contributed by atoms with E-state index in [1.807, 2.05) is 42.5 Å². The lowest BCUT2D eigenvalue weighted by atomic mass is 9.90. The third-order valence-electron chi connectivity index (χ3n) is 5.01. The molecule has 6 nitrogen and oxygen atoms in total. The minimum atomic E-state index is -0.644. The van der Waals surface area contributed by atoms with Gasteiger partial charge in [0.15, 0.2) is 11.5 Å². The average molecular weight is 456 g/mol. The molecule has 0 aromatic heterocycles. The van der Waals surface area contributed by atoms with E-state index in [-0.39, 0.29) is 17.4 Å². The van der Waals surface area contributed by atoms with Crippen LogP contribution >= 0.6 is 0 Å². The first-order valence-electron chi connectivity index (χ1n) is 10.5. The molecule has 172 valence electrons. The van der Waals surface area contributed by atoms with Gasteiger partial charge in [0.1, 0.15) is 5.75 Å². The van der Waals surface area contributed by atoms with Gasteiger partial charge < -0.3 is 14.2 Å². The molecule has 1 unspecified atom stereocenters. The minimum Gasteiger partial charge on any atom is -0.424 e. The van der Waals surface area contributed by atoms with Crippen molar-refractivity contribution < 1.29 is 28.6 Å². The summed E-state index contributed by atoms with van der Waals surface area (Å²) in [6.07, 6.45) is 5.91. The van der Waals surface area contributed by atoms with Crippen molar-refractivity contribution >= 4 is 17.9 Å². The highest BCUT2D eigenvalue weighted by atomic mass is 16.6. The smallest absolute Gasteiger partial charge is 0.338 e. The second-order valence-corrected chi connectivity index (χ2v) is 7.52. The molecule has 2 aromatic rings. The molecule has 0 bridgehead atoms. The summed E-state index contributed by atoms with van der Waals surface area (Å²) in [6.45, 7) is 11.9. The van der Waals surface area contributed by atoms with Crippen LogP contribution in [0.1, 0.15) is 24.8 Å². The van der Waals surface area contributed by atoms with Crippen LogP contribution in [0.15, 0.2) is 110 Å². The molecule has 3 rings (SSSR count). The van der Waals surface area contributed by atoms with E-state index < -0.39 is 17.9 Å². The number of esters is 3. The fourth-order valence-electron chi connectivity index (χ4n) is 3.22. The van der Waals surface area contributed by atoms with Crippen LogP contribution in [0.25, 0.3) is 11.1 Å². The number of carbonyl (C=O) groups excluding carboxylic acids is 3. The topological polar surface area (TPSA) is 78.9 Å². The first kappa shape index (κ1) is 24.2. The normalized spacial score (nSPS) is 14.7. The lowest BCUT2D eigenvalue weighted by Gasteiger charge is -2.21. The van der Waals surface area contributed by atoms with Crippen LogP contribution in [0.4, 0.5) is 0 Å². The van der Waals surface area contributed by atoms with Gasteiger partial charge in [0.25, 0.3) is 0 Å². The molecule has 0 saturated heterocycles. The molecule has 34 heavy (non-hydrogen) atoms. The van der Waals surface area contributed by atoms with E-state index in [1.54, 1.807) is 25.1 Å². The van der Waals surface area contributed by atoms with Gasteiger partial charge in [0.05, 0.1) is 0 Å². The van der Waals surface area contributed by atoms with E-state index in [4.69, 9.17) is 14.2 Å². The molecule has 1 aliphatic carbocycles. The van der Waals surface area contributed by atoms with Gasteiger partial charge in [0.2, 0.25) is 0 Å². The summed E-state index contributed by atoms with van der Waals surface area (Å²) in [4.78, 5) is 35.0. The van der Waals surface area contributed by atoms with Crippen molar-refractivity contribution in [2.45, 2.75) is 19.3 Å². The number of allylic oxidation sites excluding steroid dienone is 3. The molecule has 0 fully saturated rings. The Morgan fingerprint density at radius 2 is 1.41 bits per heavy atom. The third kappa shape index (κ3) is 6.07. The lowest BCUT2D eigenvalue weighted by molar-refractivity contribution is -0.137. The average Bonchev–Trinajstić information content (AvgIpc) is 2.85. The highest BCUT2D eigenvalue weighted by Crippen LogP contribution is 2.34. The number of benzene rings is 2. The largest absolute Gasteiger partial charge is 0.424 e. The Hall–Kier alpha value is -4.45. The van der Waals surface area contributed by atoms with Crippen molar-refractivity contribution in [3.05, 3.63) is 115 Å². The number of hydrogen-bond donors (Lipinski definition) is 0. The molecule has 6 heteroatoms. The van der Waals surface area contributed by atoms with Crippen molar-refractivity contribution in [2.24, 2.45) is 0 Å². The van der Waals surface area contributed by atoms with Crippen molar-refractivity contribution in [3.63, 3.8) is 0 Å². The maximum absolute atomic E-state index is 11.8. The van der Waals surface area contributed by atoms with Crippen LogP contribution in [0.2, 0.25) is 0 Å². The molecule has 0 spiro atoms.